The summed E-state index contributed by atoms with van der Waals surface area (Å²) in [5.74, 6) is -1.69. The summed E-state index contributed by atoms with van der Waals surface area (Å²) >= 11 is 0. The maximum atomic E-state index is 14.2. The van der Waals surface area contributed by atoms with Gasteiger partial charge in [-0.05, 0) is 37.3 Å². The summed E-state index contributed by atoms with van der Waals surface area (Å²) < 4.78 is 19.2. The molecule has 1 heterocycles. The first kappa shape index (κ1) is 21.7. The van der Waals surface area contributed by atoms with Crippen LogP contribution in [-0.4, -0.2) is 65.5 Å². The Bertz CT molecular complexity index is 725. The van der Waals surface area contributed by atoms with Crippen molar-refractivity contribution in [3.05, 3.63) is 29.6 Å². The van der Waals surface area contributed by atoms with Gasteiger partial charge in [-0.25, -0.2) is 4.39 Å². The van der Waals surface area contributed by atoms with Crippen molar-refractivity contribution in [1.82, 2.24) is 9.80 Å². The van der Waals surface area contributed by atoms with Crippen LogP contribution < -0.4 is 4.74 Å². The van der Waals surface area contributed by atoms with Crippen molar-refractivity contribution in [2.75, 3.05) is 26.7 Å². The minimum absolute atomic E-state index is 0.0736. The number of rotatable bonds is 7. The molecule has 1 unspecified atom stereocenters. The van der Waals surface area contributed by atoms with Crippen molar-refractivity contribution in [1.29, 1.82) is 0 Å². The average molecular weight is 394 g/mol. The summed E-state index contributed by atoms with van der Waals surface area (Å²) in [6, 6.07) is 4.67. The second kappa shape index (κ2) is 10.1. The van der Waals surface area contributed by atoms with Gasteiger partial charge in [0.15, 0.2) is 11.6 Å². The largest absolute Gasteiger partial charge is 0.494 e. The fourth-order valence-corrected chi connectivity index (χ4v) is 3.59. The Balaban J connectivity index is 1.93. The number of hydrogen-bond acceptors (Lipinski definition) is 4. The molecule has 1 fully saturated rings. The third kappa shape index (κ3) is 5.68. The smallest absolute Gasteiger partial charge is 0.323 e. The van der Waals surface area contributed by atoms with Crippen LogP contribution in [0.5, 0.6) is 5.75 Å². The van der Waals surface area contributed by atoms with Crippen molar-refractivity contribution in [2.45, 2.75) is 45.1 Å². The third-order valence-electron chi connectivity index (χ3n) is 5.07. The fraction of sp³-hybridized carbons (Fsp3) is 0.550. The standard InChI is InChI=1S/C20H27FN2O5/c1-14(24)23(13-19(26)27)16-6-4-11-22(12-10-16)18(25)9-8-15-5-3-7-17(28-2)20(15)21/h3,5,7,16H,4,6,8-13H2,1-2H3,(H,26,27). The van der Waals surface area contributed by atoms with E-state index in [4.69, 9.17) is 9.84 Å². The number of likely N-dealkylation sites (tertiary alicyclic amines) is 1. The molecule has 1 atom stereocenters. The van der Waals surface area contributed by atoms with E-state index in [1.54, 1.807) is 17.0 Å². The number of carbonyl (C=O) groups excluding carboxylic acids is 2. The van der Waals surface area contributed by atoms with Gasteiger partial charge in [0.1, 0.15) is 6.54 Å². The van der Waals surface area contributed by atoms with Crippen LogP contribution in [-0.2, 0) is 20.8 Å². The minimum Gasteiger partial charge on any atom is -0.494 e. The normalized spacial score (nSPS) is 17.0. The van der Waals surface area contributed by atoms with E-state index in [0.29, 0.717) is 37.9 Å². The first-order valence-electron chi connectivity index (χ1n) is 9.41. The number of carbonyl (C=O) groups is 3. The Kier molecular flexibility index (Phi) is 7.78. The van der Waals surface area contributed by atoms with Crippen molar-refractivity contribution in [2.24, 2.45) is 0 Å². The molecule has 2 rings (SSSR count). The lowest BCUT2D eigenvalue weighted by Crippen LogP contribution is -2.43. The van der Waals surface area contributed by atoms with Gasteiger partial charge >= 0.3 is 5.97 Å². The molecule has 0 bridgehead atoms. The molecule has 1 N–H and O–H groups in total. The molecule has 1 saturated heterocycles. The van der Waals surface area contributed by atoms with Crippen LogP contribution in [0, 0.1) is 5.82 Å². The zero-order valence-corrected chi connectivity index (χ0v) is 16.3. The van der Waals surface area contributed by atoms with Gasteiger partial charge in [0.05, 0.1) is 7.11 Å². The summed E-state index contributed by atoms with van der Waals surface area (Å²) in [5.41, 5.74) is 0.435. The Morgan fingerprint density at radius 2 is 2.04 bits per heavy atom. The fourth-order valence-electron chi connectivity index (χ4n) is 3.59. The highest BCUT2D eigenvalue weighted by Gasteiger charge is 2.27. The van der Waals surface area contributed by atoms with E-state index in [1.165, 1.54) is 25.0 Å². The lowest BCUT2D eigenvalue weighted by Gasteiger charge is -2.28. The summed E-state index contributed by atoms with van der Waals surface area (Å²) in [6.45, 7) is 2.03. The van der Waals surface area contributed by atoms with E-state index in [0.717, 1.165) is 0 Å². The predicted octanol–water partition coefficient (Wildman–Crippen LogP) is 2.08. The zero-order chi connectivity index (χ0) is 20.7. The van der Waals surface area contributed by atoms with E-state index in [-0.39, 0.29) is 43.0 Å². The Morgan fingerprint density at radius 3 is 2.68 bits per heavy atom. The number of methoxy groups -OCH3 is 1. The number of nitrogens with zero attached hydrogens (tertiary/aromatic N) is 2. The molecule has 0 aliphatic carbocycles. The van der Waals surface area contributed by atoms with Crippen LogP contribution in [0.4, 0.5) is 4.39 Å². The second-order valence-electron chi connectivity index (χ2n) is 6.94. The van der Waals surface area contributed by atoms with E-state index in [2.05, 4.69) is 0 Å². The molecule has 154 valence electrons. The van der Waals surface area contributed by atoms with Crippen LogP contribution in [0.3, 0.4) is 0 Å². The summed E-state index contributed by atoms with van der Waals surface area (Å²) in [7, 11) is 1.40. The highest BCUT2D eigenvalue weighted by molar-refractivity contribution is 5.80. The molecule has 0 saturated carbocycles. The lowest BCUT2D eigenvalue weighted by atomic mass is 10.1. The number of hydrogen-bond donors (Lipinski definition) is 1. The third-order valence-corrected chi connectivity index (χ3v) is 5.07. The quantitative estimate of drug-likeness (QED) is 0.765. The molecule has 0 aromatic heterocycles. The molecule has 1 aliphatic rings. The highest BCUT2D eigenvalue weighted by Crippen LogP contribution is 2.22. The van der Waals surface area contributed by atoms with Gasteiger partial charge in [-0.1, -0.05) is 12.1 Å². The molecule has 0 radical (unpaired) electrons. The molecule has 1 aromatic carbocycles. The molecule has 1 aromatic rings. The zero-order valence-electron chi connectivity index (χ0n) is 16.3. The van der Waals surface area contributed by atoms with Crippen LogP contribution in [0.1, 0.15) is 38.2 Å². The van der Waals surface area contributed by atoms with E-state index < -0.39 is 11.8 Å². The molecule has 2 amide bonds. The second-order valence-corrected chi connectivity index (χ2v) is 6.94. The number of aliphatic carboxylic acids is 1. The highest BCUT2D eigenvalue weighted by atomic mass is 19.1. The molecular weight excluding hydrogens is 367 g/mol. The molecule has 28 heavy (non-hydrogen) atoms. The lowest BCUT2D eigenvalue weighted by molar-refractivity contribution is -0.145. The average Bonchev–Trinajstić information content (AvgIpc) is 2.90. The number of amides is 2. The number of ether oxygens (including phenoxy) is 1. The monoisotopic (exact) mass is 394 g/mol. The van der Waals surface area contributed by atoms with Gasteiger partial charge < -0.3 is 19.6 Å². The van der Waals surface area contributed by atoms with Crippen molar-refractivity contribution in [3.8, 4) is 5.75 Å². The van der Waals surface area contributed by atoms with Gasteiger partial charge in [0.25, 0.3) is 0 Å². The maximum Gasteiger partial charge on any atom is 0.323 e. The number of benzene rings is 1. The summed E-state index contributed by atoms with van der Waals surface area (Å²) in [4.78, 5) is 38.5. The summed E-state index contributed by atoms with van der Waals surface area (Å²) in [5, 5.41) is 9.01. The Morgan fingerprint density at radius 1 is 1.29 bits per heavy atom. The molecule has 1 aliphatic heterocycles. The van der Waals surface area contributed by atoms with Gasteiger partial charge in [-0.15, -0.1) is 0 Å². The topological polar surface area (TPSA) is 87.2 Å². The van der Waals surface area contributed by atoms with Gasteiger partial charge in [-0.2, -0.15) is 0 Å². The summed E-state index contributed by atoms with van der Waals surface area (Å²) in [6.07, 6.45) is 2.33. The van der Waals surface area contributed by atoms with Gasteiger partial charge in [-0.3, -0.25) is 14.4 Å². The molecular formula is C20H27FN2O5. The molecule has 7 nitrogen and oxygen atoms in total. The van der Waals surface area contributed by atoms with Crippen LogP contribution in [0.15, 0.2) is 18.2 Å². The van der Waals surface area contributed by atoms with Crippen molar-refractivity contribution in [3.63, 3.8) is 0 Å². The van der Waals surface area contributed by atoms with Crippen molar-refractivity contribution >= 4 is 17.8 Å². The van der Waals surface area contributed by atoms with E-state index in [1.807, 2.05) is 0 Å². The molecule has 8 heteroatoms. The Hall–Kier alpha value is -2.64. The van der Waals surface area contributed by atoms with E-state index >= 15 is 0 Å². The van der Waals surface area contributed by atoms with Gasteiger partial charge in [0.2, 0.25) is 11.8 Å². The van der Waals surface area contributed by atoms with E-state index in [9.17, 15) is 18.8 Å². The Labute approximate surface area is 164 Å². The SMILES string of the molecule is COc1cccc(CCC(=O)N2CCCC(N(CC(=O)O)C(C)=O)CC2)c1F. The first-order chi connectivity index (χ1) is 13.3. The minimum atomic E-state index is -1.05. The molecule has 0 spiro atoms. The van der Waals surface area contributed by atoms with Gasteiger partial charge in [0, 0.05) is 32.5 Å². The maximum absolute atomic E-state index is 14.2. The number of aryl methyl sites for hydroxylation is 1. The predicted molar refractivity (Wildman–Crippen MR) is 101 cm³/mol. The van der Waals surface area contributed by atoms with Crippen LogP contribution >= 0.6 is 0 Å². The number of halogens is 1. The number of carboxylic acids is 1. The van der Waals surface area contributed by atoms with Crippen LogP contribution in [0.25, 0.3) is 0 Å². The van der Waals surface area contributed by atoms with Crippen molar-refractivity contribution < 1.29 is 28.6 Å². The van der Waals surface area contributed by atoms with Crippen LogP contribution in [0.2, 0.25) is 0 Å². The first-order valence-corrected chi connectivity index (χ1v) is 9.41. The number of carboxylic acid groups (broad SMARTS) is 1.